The van der Waals surface area contributed by atoms with Gasteiger partial charge in [0, 0.05) is 30.6 Å². The molecule has 2 unspecified atom stereocenters. The minimum Gasteiger partial charge on any atom is -0.350 e. The van der Waals surface area contributed by atoms with Gasteiger partial charge < -0.3 is 4.90 Å². The number of aromatic nitrogens is 2. The van der Waals surface area contributed by atoms with Gasteiger partial charge in [-0.2, -0.15) is 0 Å². The van der Waals surface area contributed by atoms with Crippen molar-refractivity contribution < 1.29 is 4.39 Å². The topological polar surface area (TPSA) is 32.3 Å². The average molecular weight is 300 g/mol. The molecule has 0 aliphatic carbocycles. The zero-order valence-electron chi connectivity index (χ0n) is 12.9. The fraction of sp³-hybridized carbons (Fsp3) is 0.529. The van der Waals surface area contributed by atoms with E-state index in [9.17, 15) is 4.39 Å². The summed E-state index contributed by atoms with van der Waals surface area (Å²) >= 11 is 0. The van der Waals surface area contributed by atoms with Gasteiger partial charge in [0.05, 0.1) is 5.52 Å². The molecular formula is C17H21FN4. The Morgan fingerprint density at radius 3 is 3.05 bits per heavy atom. The Balaban J connectivity index is 1.77. The van der Waals surface area contributed by atoms with Crippen molar-refractivity contribution in [2.24, 2.45) is 0 Å². The van der Waals surface area contributed by atoms with Crippen LogP contribution in [0.3, 0.4) is 0 Å². The molecule has 22 heavy (non-hydrogen) atoms. The summed E-state index contributed by atoms with van der Waals surface area (Å²) in [6, 6.07) is 5.82. The molecule has 4 rings (SSSR count). The number of rotatable bonds is 2. The van der Waals surface area contributed by atoms with Crippen molar-refractivity contribution in [1.82, 2.24) is 14.9 Å². The molecule has 2 atom stereocenters. The number of fused-ring (bicyclic) bond motifs is 2. The van der Waals surface area contributed by atoms with E-state index in [0.717, 1.165) is 36.2 Å². The van der Waals surface area contributed by atoms with E-state index in [0.29, 0.717) is 12.1 Å². The van der Waals surface area contributed by atoms with E-state index in [4.69, 9.17) is 0 Å². The molecule has 0 spiro atoms. The van der Waals surface area contributed by atoms with E-state index < -0.39 is 0 Å². The molecule has 0 radical (unpaired) electrons. The third kappa shape index (κ3) is 2.24. The summed E-state index contributed by atoms with van der Waals surface area (Å²) in [5.74, 6) is 0.666. The van der Waals surface area contributed by atoms with Crippen molar-refractivity contribution in [1.29, 1.82) is 0 Å². The second-order valence-electron chi connectivity index (χ2n) is 6.36. The van der Waals surface area contributed by atoms with Gasteiger partial charge in [0.2, 0.25) is 0 Å². The molecule has 5 heteroatoms. The molecule has 3 heterocycles. The Morgan fingerprint density at radius 2 is 2.18 bits per heavy atom. The highest BCUT2D eigenvalue weighted by atomic mass is 19.1. The van der Waals surface area contributed by atoms with Crippen LogP contribution in [0, 0.1) is 5.82 Å². The number of halogens is 1. The maximum absolute atomic E-state index is 13.7. The second kappa shape index (κ2) is 5.47. The number of piperazine rings is 1. The summed E-state index contributed by atoms with van der Waals surface area (Å²) in [7, 11) is 0. The van der Waals surface area contributed by atoms with Gasteiger partial charge in [-0.15, -0.1) is 0 Å². The molecule has 116 valence electrons. The maximum Gasteiger partial charge on any atom is 0.140 e. The summed E-state index contributed by atoms with van der Waals surface area (Å²) < 4.78 is 13.7. The van der Waals surface area contributed by atoms with E-state index in [-0.39, 0.29) is 5.82 Å². The Hall–Kier alpha value is -1.75. The highest BCUT2D eigenvalue weighted by Gasteiger charge is 2.36. The lowest BCUT2D eigenvalue weighted by molar-refractivity contribution is 0.194. The van der Waals surface area contributed by atoms with Gasteiger partial charge in [0.25, 0.3) is 0 Å². The first kappa shape index (κ1) is 13.9. The van der Waals surface area contributed by atoms with Gasteiger partial charge in [-0.1, -0.05) is 6.92 Å². The molecule has 2 fully saturated rings. The van der Waals surface area contributed by atoms with Gasteiger partial charge in [-0.25, -0.2) is 14.4 Å². The number of benzene rings is 1. The van der Waals surface area contributed by atoms with E-state index in [1.807, 2.05) is 0 Å². The van der Waals surface area contributed by atoms with Crippen molar-refractivity contribution in [3.63, 3.8) is 0 Å². The number of anilines is 1. The van der Waals surface area contributed by atoms with Crippen LogP contribution in [0.4, 0.5) is 10.2 Å². The van der Waals surface area contributed by atoms with Crippen molar-refractivity contribution >= 4 is 16.7 Å². The van der Waals surface area contributed by atoms with Gasteiger partial charge in [0.15, 0.2) is 0 Å². The van der Waals surface area contributed by atoms with Crippen molar-refractivity contribution in [3.8, 4) is 0 Å². The highest BCUT2D eigenvalue weighted by Crippen LogP contribution is 2.32. The molecule has 2 saturated heterocycles. The molecule has 0 saturated carbocycles. The summed E-state index contributed by atoms with van der Waals surface area (Å²) in [6.45, 7) is 5.51. The highest BCUT2D eigenvalue weighted by molar-refractivity contribution is 5.89. The van der Waals surface area contributed by atoms with Crippen molar-refractivity contribution in [2.45, 2.75) is 38.3 Å². The summed E-state index contributed by atoms with van der Waals surface area (Å²) in [5.41, 5.74) is 0.815. The number of hydrogen-bond donors (Lipinski definition) is 0. The van der Waals surface area contributed by atoms with Crippen LogP contribution in [0.2, 0.25) is 0 Å². The number of hydrogen-bond acceptors (Lipinski definition) is 4. The van der Waals surface area contributed by atoms with E-state index in [1.165, 1.54) is 25.5 Å². The zero-order chi connectivity index (χ0) is 15.1. The Kier molecular flexibility index (Phi) is 3.45. The smallest absolute Gasteiger partial charge is 0.140 e. The Bertz CT molecular complexity index is 689. The molecule has 2 aliphatic heterocycles. The summed E-state index contributed by atoms with van der Waals surface area (Å²) in [5, 5.41) is 0.826. The molecule has 2 aromatic rings. The lowest BCUT2D eigenvalue weighted by Gasteiger charge is -2.44. The predicted octanol–water partition coefficient (Wildman–Crippen LogP) is 2.83. The lowest BCUT2D eigenvalue weighted by Crippen LogP contribution is -2.56. The van der Waals surface area contributed by atoms with Crippen LogP contribution in [0.5, 0.6) is 0 Å². The van der Waals surface area contributed by atoms with Crippen molar-refractivity contribution in [3.05, 3.63) is 30.3 Å². The van der Waals surface area contributed by atoms with E-state index >= 15 is 0 Å². The third-order valence-corrected chi connectivity index (χ3v) is 5.11. The van der Waals surface area contributed by atoms with Crippen LogP contribution in [-0.2, 0) is 0 Å². The van der Waals surface area contributed by atoms with Crippen molar-refractivity contribution in [2.75, 3.05) is 24.5 Å². The predicted molar refractivity (Wildman–Crippen MR) is 85.5 cm³/mol. The molecule has 2 aliphatic rings. The molecule has 0 N–H and O–H groups in total. The largest absolute Gasteiger partial charge is 0.350 e. The van der Waals surface area contributed by atoms with E-state index in [1.54, 1.807) is 18.5 Å². The first-order valence-corrected chi connectivity index (χ1v) is 8.17. The molecule has 1 aromatic heterocycles. The second-order valence-corrected chi connectivity index (χ2v) is 6.36. The van der Waals surface area contributed by atoms with Crippen LogP contribution in [0.15, 0.2) is 24.5 Å². The summed E-state index contributed by atoms with van der Waals surface area (Å²) in [6.07, 6.45) is 5.21. The van der Waals surface area contributed by atoms with E-state index in [2.05, 4.69) is 26.7 Å². The molecular weight excluding hydrogens is 279 g/mol. The van der Waals surface area contributed by atoms with Crippen LogP contribution in [0.1, 0.15) is 26.2 Å². The van der Waals surface area contributed by atoms with Crippen LogP contribution in [0.25, 0.3) is 10.9 Å². The third-order valence-electron chi connectivity index (χ3n) is 5.11. The van der Waals surface area contributed by atoms with Gasteiger partial charge in [-0.05, 0) is 44.0 Å². The standard InChI is InChI=1S/C17H21FN4/c1-2-13-9-21-7-3-4-14(21)10-22(13)17-15-8-12(18)5-6-16(15)19-11-20-17/h5-6,8,11,13-14H,2-4,7,9-10H2,1H3. The first-order valence-electron chi connectivity index (χ1n) is 8.17. The van der Waals surface area contributed by atoms with Gasteiger partial charge in [-0.3, -0.25) is 4.90 Å². The van der Waals surface area contributed by atoms with Crippen LogP contribution < -0.4 is 4.90 Å². The maximum atomic E-state index is 13.7. The lowest BCUT2D eigenvalue weighted by atomic mass is 10.0. The quantitative estimate of drug-likeness (QED) is 0.854. The van der Waals surface area contributed by atoms with Crippen LogP contribution >= 0.6 is 0 Å². The minimum atomic E-state index is -0.226. The molecule has 4 nitrogen and oxygen atoms in total. The van der Waals surface area contributed by atoms with Gasteiger partial charge in [0.1, 0.15) is 18.0 Å². The summed E-state index contributed by atoms with van der Waals surface area (Å²) in [4.78, 5) is 13.8. The minimum absolute atomic E-state index is 0.226. The average Bonchev–Trinajstić information content (AvgIpc) is 3.00. The Labute approximate surface area is 130 Å². The Morgan fingerprint density at radius 1 is 1.27 bits per heavy atom. The monoisotopic (exact) mass is 300 g/mol. The molecule has 0 amide bonds. The van der Waals surface area contributed by atoms with Gasteiger partial charge >= 0.3 is 0 Å². The first-order chi connectivity index (χ1) is 10.8. The fourth-order valence-corrected chi connectivity index (χ4v) is 3.94. The zero-order valence-corrected chi connectivity index (χ0v) is 12.9. The number of nitrogens with zero attached hydrogens (tertiary/aromatic N) is 4. The fourth-order valence-electron chi connectivity index (χ4n) is 3.94. The normalized spacial score (nSPS) is 25.6. The molecule has 1 aromatic carbocycles. The molecule has 0 bridgehead atoms. The SMILES string of the molecule is CCC1CN2CCCC2CN1c1ncnc2ccc(F)cc12. The van der Waals surface area contributed by atoms with Crippen LogP contribution in [-0.4, -0.2) is 46.6 Å².